The molecule has 0 bridgehead atoms. The van der Waals surface area contributed by atoms with Crippen LogP contribution in [0.15, 0.2) is 53.5 Å². The summed E-state index contributed by atoms with van der Waals surface area (Å²) < 4.78 is 12.7. The molecule has 0 radical (unpaired) electrons. The van der Waals surface area contributed by atoms with Crippen LogP contribution in [0.5, 0.6) is 0 Å². The second-order valence-electron chi connectivity index (χ2n) is 3.50. The fraction of sp³-hybridized carbons (Fsp3) is 0. The lowest BCUT2D eigenvalue weighted by Crippen LogP contribution is -1.81. The van der Waals surface area contributed by atoms with E-state index in [4.69, 9.17) is 6.42 Å². The molecule has 0 saturated heterocycles. The molecule has 2 rings (SSSR count). The Morgan fingerprint density at radius 1 is 1.00 bits per heavy atom. The predicted octanol–water partition coefficient (Wildman–Crippen LogP) is 3.56. The molecule has 0 aliphatic carbocycles. The molecule has 2 aromatic carbocycles. The minimum absolute atomic E-state index is 0.262. The van der Waals surface area contributed by atoms with Gasteiger partial charge >= 0.3 is 0 Å². The summed E-state index contributed by atoms with van der Waals surface area (Å²) >= 11 is 0. The monoisotopic (exact) mass is 223 g/mol. The van der Waals surface area contributed by atoms with Crippen molar-refractivity contribution in [1.82, 2.24) is 0 Å². The third kappa shape index (κ3) is 3.02. The molecule has 2 aromatic rings. The van der Waals surface area contributed by atoms with Crippen LogP contribution in [0.3, 0.4) is 0 Å². The van der Waals surface area contributed by atoms with Crippen LogP contribution in [-0.2, 0) is 0 Å². The molecule has 0 heterocycles. The Labute approximate surface area is 99.6 Å². The van der Waals surface area contributed by atoms with E-state index >= 15 is 0 Å². The van der Waals surface area contributed by atoms with Crippen molar-refractivity contribution in [3.05, 3.63) is 65.5 Å². The summed E-state index contributed by atoms with van der Waals surface area (Å²) in [5.74, 6) is 2.29. The van der Waals surface area contributed by atoms with E-state index in [-0.39, 0.29) is 5.82 Å². The molecule has 0 N–H and O–H groups in total. The zero-order chi connectivity index (χ0) is 12.1. The van der Waals surface area contributed by atoms with Gasteiger partial charge in [-0.2, -0.15) is 0 Å². The Morgan fingerprint density at radius 2 is 1.65 bits per heavy atom. The highest BCUT2D eigenvalue weighted by atomic mass is 19.1. The van der Waals surface area contributed by atoms with E-state index in [0.29, 0.717) is 5.69 Å². The van der Waals surface area contributed by atoms with Gasteiger partial charge in [0.2, 0.25) is 0 Å². The summed E-state index contributed by atoms with van der Waals surface area (Å²) in [7, 11) is 0. The van der Waals surface area contributed by atoms with Crippen molar-refractivity contribution in [2.45, 2.75) is 0 Å². The van der Waals surface area contributed by atoms with Crippen LogP contribution in [0, 0.1) is 18.2 Å². The minimum Gasteiger partial charge on any atom is -0.256 e. The van der Waals surface area contributed by atoms with Gasteiger partial charge < -0.3 is 0 Å². The number of terminal acetylenes is 1. The van der Waals surface area contributed by atoms with E-state index in [1.54, 1.807) is 18.3 Å². The van der Waals surface area contributed by atoms with Gasteiger partial charge in [-0.3, -0.25) is 4.99 Å². The summed E-state index contributed by atoms with van der Waals surface area (Å²) in [5.41, 5.74) is 2.50. The van der Waals surface area contributed by atoms with Crippen molar-refractivity contribution in [2.24, 2.45) is 4.99 Å². The van der Waals surface area contributed by atoms with Gasteiger partial charge in [-0.25, -0.2) is 4.39 Å². The Kier molecular flexibility index (Phi) is 3.32. The molecule has 0 aliphatic rings. The summed E-state index contributed by atoms with van der Waals surface area (Å²) in [6, 6.07) is 13.5. The van der Waals surface area contributed by atoms with Gasteiger partial charge in [0.15, 0.2) is 0 Å². The van der Waals surface area contributed by atoms with E-state index in [9.17, 15) is 4.39 Å². The lowest BCUT2D eigenvalue weighted by Gasteiger charge is -1.95. The Hall–Kier alpha value is -2.40. The van der Waals surface area contributed by atoms with Gasteiger partial charge in [0.1, 0.15) is 5.82 Å². The third-order valence-electron chi connectivity index (χ3n) is 2.27. The van der Waals surface area contributed by atoms with E-state index in [0.717, 1.165) is 11.1 Å². The van der Waals surface area contributed by atoms with E-state index in [2.05, 4.69) is 10.9 Å². The van der Waals surface area contributed by atoms with E-state index in [1.807, 2.05) is 24.3 Å². The van der Waals surface area contributed by atoms with Crippen LogP contribution < -0.4 is 0 Å². The number of rotatable bonds is 2. The Bertz CT molecular complexity index is 559. The lowest BCUT2D eigenvalue weighted by atomic mass is 10.1. The quantitative estimate of drug-likeness (QED) is 0.545. The number of hydrogen-bond donors (Lipinski definition) is 0. The summed E-state index contributed by atoms with van der Waals surface area (Å²) in [6.45, 7) is 0. The molecular weight excluding hydrogens is 213 g/mol. The average molecular weight is 223 g/mol. The second kappa shape index (κ2) is 5.09. The van der Waals surface area contributed by atoms with E-state index < -0.39 is 0 Å². The van der Waals surface area contributed by atoms with Crippen LogP contribution in [0.1, 0.15) is 11.1 Å². The van der Waals surface area contributed by atoms with Crippen molar-refractivity contribution in [3.8, 4) is 12.3 Å². The van der Waals surface area contributed by atoms with Crippen LogP contribution in [0.4, 0.5) is 10.1 Å². The van der Waals surface area contributed by atoms with Crippen molar-refractivity contribution < 1.29 is 4.39 Å². The van der Waals surface area contributed by atoms with Crippen LogP contribution in [-0.4, -0.2) is 6.21 Å². The Morgan fingerprint density at radius 3 is 2.24 bits per heavy atom. The van der Waals surface area contributed by atoms with Crippen LogP contribution in [0.25, 0.3) is 0 Å². The van der Waals surface area contributed by atoms with Crippen molar-refractivity contribution >= 4 is 11.9 Å². The molecule has 82 valence electrons. The fourth-order valence-electron chi connectivity index (χ4n) is 1.34. The van der Waals surface area contributed by atoms with Crippen LogP contribution >= 0.6 is 0 Å². The first-order valence-corrected chi connectivity index (χ1v) is 5.14. The molecule has 0 aromatic heterocycles. The van der Waals surface area contributed by atoms with Crippen molar-refractivity contribution in [2.75, 3.05) is 0 Å². The first-order valence-electron chi connectivity index (χ1n) is 5.14. The number of halogens is 1. The lowest BCUT2D eigenvalue weighted by molar-refractivity contribution is 0.628. The molecule has 0 saturated carbocycles. The smallest absolute Gasteiger partial charge is 0.123 e. The molecule has 0 amide bonds. The maximum absolute atomic E-state index is 12.7. The zero-order valence-electron chi connectivity index (χ0n) is 9.10. The standard InChI is InChI=1S/C15H10FN/c1-2-12-3-5-13(6-4-12)11-17-15-9-7-14(16)8-10-15/h1,3-11H. The average Bonchev–Trinajstić information content (AvgIpc) is 2.39. The molecule has 0 unspecified atom stereocenters. The molecule has 0 aliphatic heterocycles. The maximum atomic E-state index is 12.7. The van der Waals surface area contributed by atoms with Crippen molar-refractivity contribution in [1.29, 1.82) is 0 Å². The highest BCUT2D eigenvalue weighted by Crippen LogP contribution is 2.12. The molecular formula is C15H10FN. The summed E-state index contributed by atoms with van der Waals surface area (Å²) in [5, 5.41) is 0. The van der Waals surface area contributed by atoms with Gasteiger partial charge in [0.25, 0.3) is 0 Å². The fourth-order valence-corrected chi connectivity index (χ4v) is 1.34. The highest BCUT2D eigenvalue weighted by Gasteiger charge is 1.91. The van der Waals surface area contributed by atoms with Gasteiger partial charge in [0, 0.05) is 11.8 Å². The largest absolute Gasteiger partial charge is 0.256 e. The first-order chi connectivity index (χ1) is 8.28. The first kappa shape index (κ1) is 11.1. The number of benzene rings is 2. The van der Waals surface area contributed by atoms with Gasteiger partial charge in [-0.05, 0) is 42.0 Å². The topological polar surface area (TPSA) is 12.4 Å². The predicted molar refractivity (Wildman–Crippen MR) is 68.0 cm³/mol. The summed E-state index contributed by atoms with van der Waals surface area (Å²) in [6.07, 6.45) is 6.98. The van der Waals surface area contributed by atoms with Gasteiger partial charge in [0.05, 0.1) is 5.69 Å². The molecule has 0 atom stereocenters. The van der Waals surface area contributed by atoms with Crippen molar-refractivity contribution in [3.63, 3.8) is 0 Å². The number of nitrogens with zero attached hydrogens (tertiary/aromatic N) is 1. The Balaban J connectivity index is 2.14. The molecule has 17 heavy (non-hydrogen) atoms. The molecule has 0 spiro atoms. The highest BCUT2D eigenvalue weighted by molar-refractivity contribution is 5.82. The normalized spacial score (nSPS) is 10.4. The van der Waals surface area contributed by atoms with Crippen LogP contribution in [0.2, 0.25) is 0 Å². The van der Waals surface area contributed by atoms with E-state index in [1.165, 1.54) is 12.1 Å². The maximum Gasteiger partial charge on any atom is 0.123 e. The third-order valence-corrected chi connectivity index (χ3v) is 2.27. The van der Waals surface area contributed by atoms with Gasteiger partial charge in [-0.1, -0.05) is 18.1 Å². The summed E-state index contributed by atoms with van der Waals surface area (Å²) in [4.78, 5) is 4.23. The number of hydrogen-bond acceptors (Lipinski definition) is 1. The SMILES string of the molecule is C#Cc1ccc(C=Nc2ccc(F)cc2)cc1. The molecule has 1 nitrogen and oxygen atoms in total. The molecule has 2 heteroatoms. The zero-order valence-corrected chi connectivity index (χ0v) is 9.10. The second-order valence-corrected chi connectivity index (χ2v) is 3.50. The molecule has 0 fully saturated rings. The minimum atomic E-state index is -0.262. The number of aliphatic imine (C=N–C) groups is 1. The van der Waals surface area contributed by atoms with Gasteiger partial charge in [-0.15, -0.1) is 6.42 Å².